The molecular weight excluding hydrogens is 360 g/mol. The Morgan fingerprint density at radius 2 is 1.46 bits per heavy atom. The molecule has 7 nitrogen and oxygen atoms in total. The molecule has 2 unspecified atom stereocenters. The lowest BCUT2D eigenvalue weighted by atomic mass is 9.59. The maximum absolute atomic E-state index is 11.1. The quantitative estimate of drug-likeness (QED) is 0.464. The molecule has 2 fully saturated rings. The van der Waals surface area contributed by atoms with Crippen molar-refractivity contribution < 1.29 is 24.9 Å². The van der Waals surface area contributed by atoms with Gasteiger partial charge in [0.2, 0.25) is 0 Å². The molecule has 2 heterocycles. The Balaban J connectivity index is 0.000000416. The fraction of sp³-hybridized carbons (Fsp3) is 0.810. The van der Waals surface area contributed by atoms with E-state index in [1.165, 1.54) is 6.54 Å². The minimum Gasteiger partial charge on any atom is -0.478 e. The van der Waals surface area contributed by atoms with Gasteiger partial charge in [-0.15, -0.1) is 0 Å². The van der Waals surface area contributed by atoms with Crippen LogP contribution in [0.1, 0.15) is 53.4 Å². The first-order valence-corrected chi connectivity index (χ1v) is 10.4. The van der Waals surface area contributed by atoms with E-state index in [1.807, 2.05) is 0 Å². The molecule has 2 aliphatic rings. The van der Waals surface area contributed by atoms with Gasteiger partial charge < -0.3 is 25.5 Å². The molecule has 0 saturated carbocycles. The van der Waals surface area contributed by atoms with Crippen molar-refractivity contribution in [3.63, 3.8) is 0 Å². The number of aliphatic hydroxyl groups excluding tert-OH is 1. The number of rotatable bonds is 8. The van der Waals surface area contributed by atoms with E-state index in [1.54, 1.807) is 0 Å². The van der Waals surface area contributed by atoms with Gasteiger partial charge in [0, 0.05) is 55.7 Å². The van der Waals surface area contributed by atoms with Crippen LogP contribution in [0.3, 0.4) is 0 Å². The molecule has 0 aromatic rings. The molecule has 0 spiro atoms. The van der Waals surface area contributed by atoms with Crippen molar-refractivity contribution in [1.29, 1.82) is 0 Å². The topological polar surface area (TPSA) is 110 Å². The fourth-order valence-electron chi connectivity index (χ4n) is 5.03. The van der Waals surface area contributed by atoms with E-state index < -0.39 is 11.9 Å². The zero-order valence-electron chi connectivity index (χ0n) is 17.8. The maximum Gasteiger partial charge on any atom is 0.328 e. The lowest BCUT2D eigenvalue weighted by Gasteiger charge is -2.60. The number of nitrogens with one attached hydrogen (secondary N) is 1. The van der Waals surface area contributed by atoms with Crippen LogP contribution in [0.15, 0.2) is 12.2 Å². The van der Waals surface area contributed by atoms with Crippen molar-refractivity contribution >= 4 is 11.9 Å². The smallest absolute Gasteiger partial charge is 0.328 e. The van der Waals surface area contributed by atoms with Crippen molar-refractivity contribution in [3.05, 3.63) is 12.2 Å². The largest absolute Gasteiger partial charge is 0.478 e. The fourth-order valence-corrected chi connectivity index (χ4v) is 5.03. The van der Waals surface area contributed by atoms with Gasteiger partial charge in [0.05, 0.1) is 6.10 Å². The molecule has 0 aromatic carbocycles. The lowest BCUT2D eigenvalue weighted by Crippen LogP contribution is -2.71. The van der Waals surface area contributed by atoms with E-state index in [0.717, 1.165) is 51.9 Å². The summed E-state index contributed by atoms with van der Waals surface area (Å²) >= 11 is 0. The number of piperidine rings is 2. The van der Waals surface area contributed by atoms with Gasteiger partial charge in [-0.2, -0.15) is 0 Å². The van der Waals surface area contributed by atoms with E-state index >= 15 is 0 Å². The molecule has 2 rings (SSSR count). The third-order valence-corrected chi connectivity index (χ3v) is 5.68. The maximum atomic E-state index is 11.1. The SMILES string of the molecule is CCCC12CNC[C@@](CCC)(CN(CC(C)C)C1)C2O.O=C(O)C=CC(=O)O. The first kappa shape index (κ1) is 24.6. The summed E-state index contributed by atoms with van der Waals surface area (Å²) in [7, 11) is 0. The van der Waals surface area contributed by atoms with Crippen LogP contribution in [0.5, 0.6) is 0 Å². The molecule has 2 saturated heterocycles. The summed E-state index contributed by atoms with van der Waals surface area (Å²) in [5.41, 5.74) is 0.157. The van der Waals surface area contributed by atoms with Crippen LogP contribution < -0.4 is 5.32 Å². The van der Waals surface area contributed by atoms with E-state index in [4.69, 9.17) is 10.2 Å². The standard InChI is InChI=1S/C17H34N2O.C4H4O4/c1-5-7-16-10-18-11-17(8-6-2,15(16)20)13-19(12-16)9-14(3)4;5-3(6)1-2-4(7)8/h14-15,18,20H,5-13H2,1-4H3;1-2H,(H,5,6)(H,7,8)/t15?,16-,17?;/m0./s1. The minimum absolute atomic E-state index is 0.0787. The first-order chi connectivity index (χ1) is 13.1. The van der Waals surface area contributed by atoms with Crippen LogP contribution in [0.25, 0.3) is 0 Å². The van der Waals surface area contributed by atoms with Gasteiger partial charge in [-0.25, -0.2) is 9.59 Å². The van der Waals surface area contributed by atoms with Crippen LogP contribution in [-0.2, 0) is 9.59 Å². The lowest BCUT2D eigenvalue weighted by molar-refractivity contribution is -0.164. The van der Waals surface area contributed by atoms with E-state index in [0.29, 0.717) is 18.1 Å². The van der Waals surface area contributed by atoms with Gasteiger partial charge in [0.1, 0.15) is 0 Å². The minimum atomic E-state index is -1.26. The molecular formula is C21H38N2O5. The van der Waals surface area contributed by atoms with Crippen LogP contribution in [0, 0.1) is 16.7 Å². The molecule has 2 bridgehead atoms. The average Bonchev–Trinajstić information content (AvgIpc) is 2.56. The average molecular weight is 399 g/mol. The summed E-state index contributed by atoms with van der Waals surface area (Å²) in [5.74, 6) is -1.81. The third-order valence-electron chi connectivity index (χ3n) is 5.68. The molecule has 3 atom stereocenters. The van der Waals surface area contributed by atoms with Crippen molar-refractivity contribution in [1.82, 2.24) is 10.2 Å². The Morgan fingerprint density at radius 3 is 1.79 bits per heavy atom. The van der Waals surface area contributed by atoms with Gasteiger partial charge in [-0.1, -0.05) is 40.5 Å². The number of carbonyl (C=O) groups is 2. The van der Waals surface area contributed by atoms with Crippen LogP contribution in [-0.4, -0.2) is 71.0 Å². The summed E-state index contributed by atoms with van der Waals surface area (Å²) in [6.45, 7) is 14.4. The predicted molar refractivity (Wildman–Crippen MR) is 109 cm³/mol. The monoisotopic (exact) mass is 398 g/mol. The molecule has 0 radical (unpaired) electrons. The number of aliphatic carboxylic acids is 2. The highest BCUT2D eigenvalue weighted by atomic mass is 16.4. The number of carboxylic acids is 2. The number of nitrogens with zero attached hydrogens (tertiary/aromatic N) is 1. The number of fused-ring (bicyclic) bond motifs is 2. The van der Waals surface area contributed by atoms with Crippen LogP contribution in [0.4, 0.5) is 0 Å². The van der Waals surface area contributed by atoms with E-state index in [-0.39, 0.29) is 16.9 Å². The Kier molecular flexibility index (Phi) is 9.60. The van der Waals surface area contributed by atoms with Crippen LogP contribution >= 0.6 is 0 Å². The Morgan fingerprint density at radius 1 is 1.04 bits per heavy atom. The number of hydrogen-bond acceptors (Lipinski definition) is 5. The third kappa shape index (κ3) is 6.57. The highest BCUT2D eigenvalue weighted by Gasteiger charge is 2.56. The number of carboxylic acid groups (broad SMARTS) is 2. The summed E-state index contributed by atoms with van der Waals surface area (Å²) in [5, 5.41) is 30.4. The number of aliphatic hydroxyl groups is 1. The van der Waals surface area contributed by atoms with Crippen molar-refractivity contribution in [3.8, 4) is 0 Å². The highest BCUT2D eigenvalue weighted by molar-refractivity contribution is 5.89. The zero-order chi connectivity index (χ0) is 21.4. The number of hydrogen-bond donors (Lipinski definition) is 4. The molecule has 162 valence electrons. The van der Waals surface area contributed by atoms with Crippen molar-refractivity contribution in [2.24, 2.45) is 16.7 Å². The summed E-state index contributed by atoms with van der Waals surface area (Å²) in [6, 6.07) is 0. The first-order valence-electron chi connectivity index (χ1n) is 10.4. The second-order valence-corrected chi connectivity index (χ2v) is 8.80. The van der Waals surface area contributed by atoms with Crippen molar-refractivity contribution in [2.75, 3.05) is 32.7 Å². The summed E-state index contributed by atoms with van der Waals surface area (Å²) < 4.78 is 0. The van der Waals surface area contributed by atoms with E-state index in [9.17, 15) is 14.7 Å². The number of likely N-dealkylation sites (tertiary alicyclic amines) is 1. The molecule has 28 heavy (non-hydrogen) atoms. The van der Waals surface area contributed by atoms with Crippen LogP contribution in [0.2, 0.25) is 0 Å². The van der Waals surface area contributed by atoms with Gasteiger partial charge in [-0.05, 0) is 18.8 Å². The Bertz CT molecular complexity index is 503. The molecule has 7 heteroatoms. The molecule has 0 aliphatic carbocycles. The Labute approximate surface area is 168 Å². The van der Waals surface area contributed by atoms with Gasteiger partial charge in [0.25, 0.3) is 0 Å². The molecule has 2 aliphatic heterocycles. The molecule has 0 amide bonds. The van der Waals surface area contributed by atoms with Gasteiger partial charge >= 0.3 is 11.9 Å². The van der Waals surface area contributed by atoms with E-state index in [2.05, 4.69) is 37.9 Å². The Hall–Kier alpha value is -1.44. The van der Waals surface area contributed by atoms with Gasteiger partial charge in [-0.3, -0.25) is 0 Å². The predicted octanol–water partition coefficient (Wildman–Crippen LogP) is 2.21. The summed E-state index contributed by atoms with van der Waals surface area (Å²) in [6.07, 6.45) is 5.60. The molecule has 4 N–H and O–H groups in total. The zero-order valence-corrected chi connectivity index (χ0v) is 17.8. The highest BCUT2D eigenvalue weighted by Crippen LogP contribution is 2.48. The summed E-state index contributed by atoms with van der Waals surface area (Å²) in [4.78, 5) is 21.7. The van der Waals surface area contributed by atoms with Crippen molar-refractivity contribution in [2.45, 2.75) is 59.5 Å². The second kappa shape index (κ2) is 10.9. The molecule has 0 aromatic heterocycles. The second-order valence-electron chi connectivity index (χ2n) is 8.80. The van der Waals surface area contributed by atoms with Gasteiger partial charge in [0.15, 0.2) is 0 Å². The normalized spacial score (nSPS) is 30.1.